The van der Waals surface area contributed by atoms with Crippen LogP contribution in [0.3, 0.4) is 0 Å². The number of carbonyl (C=O) groups excluding carboxylic acids is 1. The number of amides is 1. The van der Waals surface area contributed by atoms with Gasteiger partial charge in [-0.25, -0.2) is 0 Å². The lowest BCUT2D eigenvalue weighted by Gasteiger charge is -2.31. The van der Waals surface area contributed by atoms with Crippen molar-refractivity contribution < 1.29 is 23.7 Å². The Morgan fingerprint density at radius 3 is 2.11 bits per heavy atom. The number of rotatable bonds is 5. The number of benzene rings is 2. The summed E-state index contributed by atoms with van der Waals surface area (Å²) in [4.78, 5) is 14.1. The Morgan fingerprint density at radius 2 is 1.50 bits per heavy atom. The van der Waals surface area contributed by atoms with E-state index in [9.17, 15) is 4.79 Å². The van der Waals surface area contributed by atoms with E-state index >= 15 is 0 Å². The fourth-order valence-corrected chi connectivity index (χ4v) is 3.45. The van der Waals surface area contributed by atoms with E-state index in [1.165, 1.54) is 0 Å². The maximum atomic E-state index is 12.3. The molecule has 0 aromatic heterocycles. The molecule has 0 saturated heterocycles. The Labute approximate surface area is 165 Å². The van der Waals surface area contributed by atoms with Crippen LogP contribution < -0.4 is 18.9 Å². The topological polar surface area (TPSA) is 57.2 Å². The highest BCUT2D eigenvalue weighted by Gasteiger charge is 2.26. The van der Waals surface area contributed by atoms with Crippen LogP contribution in [0.15, 0.2) is 30.3 Å². The predicted molar refractivity (Wildman–Crippen MR) is 108 cm³/mol. The Balaban J connectivity index is 2.16. The summed E-state index contributed by atoms with van der Waals surface area (Å²) in [5.74, 6) is 2.60. The summed E-state index contributed by atoms with van der Waals surface area (Å²) in [6, 6.07) is 9.58. The number of methoxy groups -OCH3 is 4. The number of fused-ring (bicyclic) bond motifs is 1. The lowest BCUT2D eigenvalue weighted by atomic mass is 9.94. The predicted octanol–water partition coefficient (Wildman–Crippen LogP) is 3.62. The highest BCUT2D eigenvalue weighted by molar-refractivity contribution is 5.93. The molecule has 6 heteroatoms. The number of nitrogens with zero attached hydrogens (tertiary/aromatic N) is 1. The summed E-state index contributed by atoms with van der Waals surface area (Å²) < 4.78 is 21.6. The van der Waals surface area contributed by atoms with E-state index in [4.69, 9.17) is 18.9 Å². The number of hydrogen-bond donors (Lipinski definition) is 0. The third-order valence-electron chi connectivity index (χ3n) is 4.87. The molecule has 0 saturated carbocycles. The summed E-state index contributed by atoms with van der Waals surface area (Å²) >= 11 is 0. The molecular formula is C22H25NO5. The first-order chi connectivity index (χ1) is 13.5. The summed E-state index contributed by atoms with van der Waals surface area (Å²) in [7, 11) is 6.43. The molecule has 0 N–H and O–H groups in total. The van der Waals surface area contributed by atoms with Gasteiger partial charge in [-0.15, -0.1) is 0 Å². The number of hydrogen-bond acceptors (Lipinski definition) is 5. The summed E-state index contributed by atoms with van der Waals surface area (Å²) in [6.45, 7) is 2.19. The van der Waals surface area contributed by atoms with Gasteiger partial charge in [-0.3, -0.25) is 4.79 Å². The van der Waals surface area contributed by atoms with Crippen LogP contribution in [-0.2, 0) is 11.2 Å². The van der Waals surface area contributed by atoms with Gasteiger partial charge in [0, 0.05) is 19.0 Å². The van der Waals surface area contributed by atoms with Crippen LogP contribution in [0.1, 0.15) is 23.6 Å². The highest BCUT2D eigenvalue weighted by atomic mass is 16.5. The lowest BCUT2D eigenvalue weighted by molar-refractivity contribution is -0.125. The first-order valence-corrected chi connectivity index (χ1v) is 8.99. The van der Waals surface area contributed by atoms with Gasteiger partial charge in [0.2, 0.25) is 5.91 Å². The Bertz CT molecular complexity index is 919. The molecule has 2 aromatic carbocycles. The van der Waals surface area contributed by atoms with Crippen LogP contribution in [0.4, 0.5) is 0 Å². The molecule has 148 valence electrons. The SMILES string of the molecule is COc1ccc(C=C2c3cc(OC)c(OC)cc3CCN2C(C)=O)cc1OC. The van der Waals surface area contributed by atoms with Gasteiger partial charge < -0.3 is 23.8 Å². The molecule has 0 unspecified atom stereocenters. The van der Waals surface area contributed by atoms with E-state index in [0.29, 0.717) is 29.5 Å². The molecular weight excluding hydrogens is 358 g/mol. The van der Waals surface area contributed by atoms with E-state index in [1.807, 2.05) is 36.4 Å². The minimum absolute atomic E-state index is 0.00726. The van der Waals surface area contributed by atoms with Crippen LogP contribution in [-0.4, -0.2) is 45.8 Å². The van der Waals surface area contributed by atoms with Gasteiger partial charge in [0.25, 0.3) is 0 Å². The van der Waals surface area contributed by atoms with Crippen LogP contribution in [0.25, 0.3) is 11.8 Å². The van der Waals surface area contributed by atoms with Crippen LogP contribution in [0.5, 0.6) is 23.0 Å². The largest absolute Gasteiger partial charge is 0.493 e. The Hall–Kier alpha value is -3.15. The molecule has 0 radical (unpaired) electrons. The number of carbonyl (C=O) groups is 1. The molecule has 0 spiro atoms. The van der Waals surface area contributed by atoms with Gasteiger partial charge in [0.1, 0.15) is 0 Å². The molecule has 3 rings (SSSR count). The third kappa shape index (κ3) is 3.63. The Morgan fingerprint density at radius 1 is 0.893 bits per heavy atom. The quantitative estimate of drug-likeness (QED) is 0.789. The normalized spacial score (nSPS) is 14.5. The van der Waals surface area contributed by atoms with Gasteiger partial charge >= 0.3 is 0 Å². The van der Waals surface area contributed by atoms with Crippen LogP contribution in [0.2, 0.25) is 0 Å². The van der Waals surface area contributed by atoms with E-state index in [-0.39, 0.29) is 5.91 Å². The fraction of sp³-hybridized carbons (Fsp3) is 0.318. The van der Waals surface area contributed by atoms with Gasteiger partial charge in [-0.1, -0.05) is 6.07 Å². The zero-order valence-electron chi connectivity index (χ0n) is 16.9. The third-order valence-corrected chi connectivity index (χ3v) is 4.87. The second kappa shape index (κ2) is 8.25. The van der Waals surface area contributed by atoms with E-state index < -0.39 is 0 Å². The maximum absolute atomic E-state index is 12.3. The molecule has 0 atom stereocenters. The molecule has 6 nitrogen and oxygen atoms in total. The van der Waals surface area contributed by atoms with Crippen LogP contribution in [0, 0.1) is 0 Å². The molecule has 0 fully saturated rings. The van der Waals surface area contributed by atoms with Gasteiger partial charge in [-0.2, -0.15) is 0 Å². The average Bonchev–Trinajstić information content (AvgIpc) is 2.72. The standard InChI is InChI=1S/C22H25NO5/c1-14(24)23-9-8-16-12-21(27-4)22(28-5)13-17(16)18(23)10-15-6-7-19(25-2)20(11-15)26-3/h6-7,10-13H,8-9H2,1-5H3. The van der Waals surface area contributed by atoms with Gasteiger partial charge in [0.05, 0.1) is 34.1 Å². The van der Waals surface area contributed by atoms with Crippen molar-refractivity contribution in [3.05, 3.63) is 47.0 Å². The summed E-state index contributed by atoms with van der Waals surface area (Å²) in [5.41, 5.74) is 3.79. The van der Waals surface area contributed by atoms with E-state index in [0.717, 1.165) is 28.8 Å². The zero-order valence-corrected chi connectivity index (χ0v) is 16.9. The minimum atomic E-state index is -0.00726. The first-order valence-electron chi connectivity index (χ1n) is 8.99. The van der Waals surface area contributed by atoms with Crippen molar-refractivity contribution in [2.24, 2.45) is 0 Å². The van der Waals surface area contributed by atoms with Gasteiger partial charge in [0.15, 0.2) is 23.0 Å². The highest BCUT2D eigenvalue weighted by Crippen LogP contribution is 2.39. The monoisotopic (exact) mass is 383 g/mol. The summed E-state index contributed by atoms with van der Waals surface area (Å²) in [5, 5.41) is 0. The second-order valence-corrected chi connectivity index (χ2v) is 6.43. The van der Waals surface area contributed by atoms with Crippen molar-refractivity contribution in [3.63, 3.8) is 0 Å². The molecule has 0 aliphatic carbocycles. The van der Waals surface area contributed by atoms with Crippen molar-refractivity contribution in [2.75, 3.05) is 35.0 Å². The average molecular weight is 383 g/mol. The minimum Gasteiger partial charge on any atom is -0.493 e. The zero-order chi connectivity index (χ0) is 20.3. The molecule has 0 bridgehead atoms. The summed E-state index contributed by atoms with van der Waals surface area (Å²) in [6.07, 6.45) is 2.73. The maximum Gasteiger partial charge on any atom is 0.223 e. The fourth-order valence-electron chi connectivity index (χ4n) is 3.45. The number of ether oxygens (including phenoxy) is 4. The van der Waals surface area contributed by atoms with Crippen molar-refractivity contribution in [1.82, 2.24) is 4.90 Å². The van der Waals surface area contributed by atoms with Crippen molar-refractivity contribution in [2.45, 2.75) is 13.3 Å². The lowest BCUT2D eigenvalue weighted by Crippen LogP contribution is -2.33. The molecule has 1 amide bonds. The Kier molecular flexibility index (Phi) is 5.78. The van der Waals surface area contributed by atoms with Gasteiger partial charge in [-0.05, 0) is 47.9 Å². The first kappa shape index (κ1) is 19.6. The van der Waals surface area contributed by atoms with Crippen LogP contribution >= 0.6 is 0 Å². The van der Waals surface area contributed by atoms with Crippen molar-refractivity contribution in [3.8, 4) is 23.0 Å². The molecule has 1 aliphatic rings. The molecule has 2 aromatic rings. The molecule has 1 heterocycles. The van der Waals surface area contributed by atoms with Crippen molar-refractivity contribution in [1.29, 1.82) is 0 Å². The molecule has 28 heavy (non-hydrogen) atoms. The second-order valence-electron chi connectivity index (χ2n) is 6.43. The van der Waals surface area contributed by atoms with Crippen molar-refractivity contribution >= 4 is 17.7 Å². The molecule has 1 aliphatic heterocycles. The van der Waals surface area contributed by atoms with E-state index in [1.54, 1.807) is 40.3 Å². The van der Waals surface area contributed by atoms with E-state index in [2.05, 4.69) is 0 Å². The smallest absolute Gasteiger partial charge is 0.223 e.